The smallest absolute Gasteiger partial charge is 0.245 e. The molecule has 0 radical (unpaired) electrons. The molecule has 1 rings (SSSR count). The molecule has 1 aromatic rings. The highest BCUT2D eigenvalue weighted by Gasteiger charge is 2.33. The van der Waals surface area contributed by atoms with Gasteiger partial charge < -0.3 is 5.73 Å². The maximum Gasteiger partial charge on any atom is 0.245 e. The van der Waals surface area contributed by atoms with E-state index in [0.29, 0.717) is 6.42 Å². The molecule has 1 atom stereocenters. The number of halogens is 2. The second-order valence-corrected chi connectivity index (χ2v) is 4.32. The van der Waals surface area contributed by atoms with Crippen LogP contribution < -0.4 is 5.73 Å². The fraction of sp³-hybridized carbons (Fsp3) is 0.500. The van der Waals surface area contributed by atoms with Crippen molar-refractivity contribution in [3.05, 3.63) is 35.4 Å². The number of nitrogens with two attached hydrogens (primary N) is 1. The van der Waals surface area contributed by atoms with Crippen molar-refractivity contribution in [2.45, 2.75) is 26.7 Å². The minimum atomic E-state index is -2.39. The van der Waals surface area contributed by atoms with Crippen molar-refractivity contribution in [3.8, 4) is 0 Å². The summed E-state index contributed by atoms with van der Waals surface area (Å²) in [5, 5.41) is 0. The largest absolute Gasteiger partial charge is 0.330 e. The lowest BCUT2D eigenvalue weighted by molar-refractivity contribution is 0.0133. The average molecular weight is 213 g/mol. The molecule has 0 aliphatic heterocycles. The lowest BCUT2D eigenvalue weighted by atomic mass is 9.84. The number of benzene rings is 1. The Bertz CT molecular complexity index is 308. The summed E-state index contributed by atoms with van der Waals surface area (Å²) in [4.78, 5) is 0. The molecule has 3 heteroatoms. The molecule has 0 aromatic heterocycles. The normalized spacial score (nSPS) is 15.3. The van der Waals surface area contributed by atoms with Crippen LogP contribution >= 0.6 is 0 Å². The predicted octanol–water partition coefficient (Wildman–Crippen LogP) is 2.77. The van der Waals surface area contributed by atoms with Crippen LogP contribution in [0, 0.1) is 12.3 Å². The van der Waals surface area contributed by atoms with Crippen LogP contribution in [0.3, 0.4) is 0 Å². The molecule has 0 heterocycles. The molecule has 0 saturated heterocycles. The second-order valence-electron chi connectivity index (χ2n) is 4.32. The summed E-state index contributed by atoms with van der Waals surface area (Å²) in [7, 11) is 0. The molecule has 0 amide bonds. The topological polar surface area (TPSA) is 26.0 Å². The molecule has 84 valence electrons. The highest BCUT2D eigenvalue weighted by molar-refractivity contribution is 5.22. The summed E-state index contributed by atoms with van der Waals surface area (Å²) in [6, 6.07) is 7.62. The van der Waals surface area contributed by atoms with Crippen LogP contribution in [0.2, 0.25) is 0 Å². The fourth-order valence-electron chi connectivity index (χ4n) is 1.41. The van der Waals surface area contributed by atoms with E-state index in [4.69, 9.17) is 5.73 Å². The Balaban J connectivity index is 2.79. The fourth-order valence-corrected chi connectivity index (χ4v) is 1.41. The van der Waals surface area contributed by atoms with Crippen LogP contribution in [-0.2, 0) is 6.42 Å². The van der Waals surface area contributed by atoms with Gasteiger partial charge in [-0.2, -0.15) is 0 Å². The summed E-state index contributed by atoms with van der Waals surface area (Å²) in [6.07, 6.45) is -2.06. The molecule has 0 saturated carbocycles. The SMILES string of the molecule is Cc1ccc(CC(C)(CN)C(F)F)cc1. The zero-order valence-corrected chi connectivity index (χ0v) is 9.13. The molecule has 1 unspecified atom stereocenters. The van der Waals surface area contributed by atoms with E-state index >= 15 is 0 Å². The first-order valence-corrected chi connectivity index (χ1v) is 5.02. The first-order chi connectivity index (χ1) is 6.98. The Morgan fingerprint density at radius 3 is 2.20 bits per heavy atom. The Morgan fingerprint density at radius 2 is 1.80 bits per heavy atom. The minimum Gasteiger partial charge on any atom is -0.330 e. The van der Waals surface area contributed by atoms with Gasteiger partial charge in [-0.1, -0.05) is 36.8 Å². The third kappa shape index (κ3) is 2.99. The van der Waals surface area contributed by atoms with Crippen molar-refractivity contribution < 1.29 is 8.78 Å². The van der Waals surface area contributed by atoms with Crippen molar-refractivity contribution in [2.75, 3.05) is 6.54 Å². The van der Waals surface area contributed by atoms with Gasteiger partial charge in [0.05, 0.1) is 0 Å². The van der Waals surface area contributed by atoms with E-state index in [1.807, 2.05) is 31.2 Å². The lowest BCUT2D eigenvalue weighted by Crippen LogP contribution is -2.36. The first kappa shape index (κ1) is 12.1. The standard InChI is InChI=1S/C12H17F2N/c1-9-3-5-10(6-4-9)7-12(2,8-15)11(13)14/h3-6,11H,7-8,15H2,1-2H3. The minimum absolute atomic E-state index is 0.00145. The molecule has 1 nitrogen and oxygen atoms in total. The maximum atomic E-state index is 12.8. The van der Waals surface area contributed by atoms with Gasteiger partial charge in [-0.15, -0.1) is 0 Å². The van der Waals surface area contributed by atoms with Crippen LogP contribution in [0.25, 0.3) is 0 Å². The van der Waals surface area contributed by atoms with Gasteiger partial charge in [0.1, 0.15) is 0 Å². The number of hydrogen-bond acceptors (Lipinski definition) is 1. The molecular weight excluding hydrogens is 196 g/mol. The van der Waals surface area contributed by atoms with Crippen molar-refractivity contribution in [1.82, 2.24) is 0 Å². The van der Waals surface area contributed by atoms with E-state index in [-0.39, 0.29) is 6.54 Å². The summed E-state index contributed by atoms with van der Waals surface area (Å²) in [6.45, 7) is 3.50. The summed E-state index contributed by atoms with van der Waals surface area (Å²) in [5.41, 5.74) is 6.33. The van der Waals surface area contributed by atoms with Crippen LogP contribution in [0.4, 0.5) is 8.78 Å². The Labute approximate surface area is 89.3 Å². The predicted molar refractivity (Wildman–Crippen MR) is 58.0 cm³/mol. The molecule has 0 bridgehead atoms. The molecule has 0 spiro atoms. The van der Waals surface area contributed by atoms with Crippen molar-refractivity contribution in [3.63, 3.8) is 0 Å². The molecule has 0 aliphatic rings. The number of alkyl halides is 2. The van der Waals surface area contributed by atoms with Gasteiger partial charge in [-0.25, -0.2) is 8.78 Å². The van der Waals surface area contributed by atoms with Gasteiger partial charge in [0, 0.05) is 12.0 Å². The van der Waals surface area contributed by atoms with E-state index in [2.05, 4.69) is 0 Å². The van der Waals surface area contributed by atoms with Crippen molar-refractivity contribution >= 4 is 0 Å². The summed E-state index contributed by atoms with van der Waals surface area (Å²) >= 11 is 0. The number of hydrogen-bond donors (Lipinski definition) is 1. The van der Waals surface area contributed by atoms with Crippen LogP contribution in [0.15, 0.2) is 24.3 Å². The Kier molecular flexibility index (Phi) is 3.80. The summed E-state index contributed by atoms with van der Waals surface area (Å²) < 4.78 is 25.5. The van der Waals surface area contributed by atoms with E-state index in [1.165, 1.54) is 6.92 Å². The summed E-state index contributed by atoms with van der Waals surface area (Å²) in [5.74, 6) is 0. The van der Waals surface area contributed by atoms with E-state index in [1.54, 1.807) is 0 Å². The van der Waals surface area contributed by atoms with Gasteiger partial charge in [0.2, 0.25) is 6.43 Å². The molecule has 0 fully saturated rings. The van der Waals surface area contributed by atoms with E-state index in [9.17, 15) is 8.78 Å². The maximum absolute atomic E-state index is 12.8. The van der Waals surface area contributed by atoms with E-state index < -0.39 is 11.8 Å². The number of rotatable bonds is 4. The molecule has 1 aromatic carbocycles. The molecule has 15 heavy (non-hydrogen) atoms. The molecular formula is C12H17F2N. The van der Waals surface area contributed by atoms with Gasteiger partial charge in [0.15, 0.2) is 0 Å². The van der Waals surface area contributed by atoms with Gasteiger partial charge in [0.25, 0.3) is 0 Å². The number of aryl methyl sites for hydroxylation is 1. The highest BCUT2D eigenvalue weighted by Crippen LogP contribution is 2.28. The monoisotopic (exact) mass is 213 g/mol. The Morgan fingerprint density at radius 1 is 1.27 bits per heavy atom. The third-order valence-corrected chi connectivity index (χ3v) is 2.72. The van der Waals surface area contributed by atoms with Crippen molar-refractivity contribution in [2.24, 2.45) is 11.1 Å². The van der Waals surface area contributed by atoms with Gasteiger partial charge in [-0.05, 0) is 18.9 Å². The lowest BCUT2D eigenvalue weighted by Gasteiger charge is -2.27. The second kappa shape index (κ2) is 4.71. The van der Waals surface area contributed by atoms with Crippen LogP contribution in [0.1, 0.15) is 18.1 Å². The average Bonchev–Trinajstić information content (AvgIpc) is 2.21. The third-order valence-electron chi connectivity index (χ3n) is 2.72. The highest BCUT2D eigenvalue weighted by atomic mass is 19.3. The van der Waals surface area contributed by atoms with Crippen LogP contribution in [-0.4, -0.2) is 13.0 Å². The quantitative estimate of drug-likeness (QED) is 0.817. The van der Waals surface area contributed by atoms with E-state index in [0.717, 1.165) is 11.1 Å². The molecule has 0 aliphatic carbocycles. The van der Waals surface area contributed by atoms with Gasteiger partial charge in [-0.3, -0.25) is 0 Å². The zero-order chi connectivity index (χ0) is 11.5. The zero-order valence-electron chi connectivity index (χ0n) is 9.13. The van der Waals surface area contributed by atoms with Gasteiger partial charge >= 0.3 is 0 Å². The first-order valence-electron chi connectivity index (χ1n) is 5.02. The molecule has 2 N–H and O–H groups in total. The Hall–Kier alpha value is -0.960. The van der Waals surface area contributed by atoms with Crippen LogP contribution in [0.5, 0.6) is 0 Å². The van der Waals surface area contributed by atoms with Crippen molar-refractivity contribution in [1.29, 1.82) is 0 Å².